The minimum Gasteiger partial charge on any atom is -0.481 e. The van der Waals surface area contributed by atoms with Crippen molar-refractivity contribution < 1.29 is 14.7 Å². The van der Waals surface area contributed by atoms with Crippen LogP contribution in [-0.2, 0) is 9.59 Å². The number of carbonyl (C=O) groups excluding carboxylic acids is 1. The van der Waals surface area contributed by atoms with Gasteiger partial charge in [-0.2, -0.15) is 0 Å². The molecule has 2 saturated heterocycles. The van der Waals surface area contributed by atoms with E-state index in [9.17, 15) is 14.7 Å². The third-order valence-corrected chi connectivity index (χ3v) is 4.27. The van der Waals surface area contributed by atoms with E-state index in [-0.39, 0.29) is 11.8 Å². The van der Waals surface area contributed by atoms with Crippen LogP contribution in [0.3, 0.4) is 0 Å². The number of hydrogen-bond acceptors (Lipinski definition) is 3. The van der Waals surface area contributed by atoms with Crippen LogP contribution in [0.5, 0.6) is 0 Å². The van der Waals surface area contributed by atoms with Crippen molar-refractivity contribution in [2.24, 2.45) is 11.3 Å². The molecule has 3 unspecified atom stereocenters. The lowest BCUT2D eigenvalue weighted by Gasteiger charge is -2.30. The Kier molecular flexibility index (Phi) is 3.61. The average Bonchev–Trinajstić information content (AvgIpc) is 2.72. The van der Waals surface area contributed by atoms with Crippen LogP contribution in [0.25, 0.3) is 0 Å². The number of carboxylic acids is 1. The topological polar surface area (TPSA) is 69.6 Å². The molecule has 2 aliphatic rings. The van der Waals surface area contributed by atoms with Crippen molar-refractivity contribution in [3.8, 4) is 0 Å². The zero-order valence-corrected chi connectivity index (χ0v) is 11.1. The second-order valence-electron chi connectivity index (χ2n) is 5.95. The lowest BCUT2D eigenvalue weighted by molar-refractivity contribution is -0.147. The molecule has 2 aliphatic heterocycles. The van der Waals surface area contributed by atoms with Gasteiger partial charge < -0.3 is 15.3 Å². The molecule has 3 atom stereocenters. The monoisotopic (exact) mass is 254 g/mol. The number of aliphatic carboxylic acids is 1. The molecule has 0 aromatic rings. The lowest BCUT2D eigenvalue weighted by Crippen LogP contribution is -2.44. The van der Waals surface area contributed by atoms with E-state index < -0.39 is 11.4 Å². The number of amides is 1. The molecule has 0 spiro atoms. The van der Waals surface area contributed by atoms with Crippen molar-refractivity contribution in [1.29, 1.82) is 0 Å². The van der Waals surface area contributed by atoms with E-state index >= 15 is 0 Å². The normalized spacial score (nSPS) is 36.7. The van der Waals surface area contributed by atoms with Crippen molar-refractivity contribution in [1.82, 2.24) is 10.2 Å². The molecule has 5 heteroatoms. The molecule has 102 valence electrons. The molecule has 2 fully saturated rings. The standard InChI is InChI=1S/C13H22N2O3/c1-9-7-10(3-5-14-9)11(16)15-6-4-13(2,8-15)12(17)18/h9-10,14H,3-8H2,1-2H3,(H,17,18). The molecule has 1 amide bonds. The van der Waals surface area contributed by atoms with Gasteiger partial charge in [0.1, 0.15) is 0 Å². The Morgan fingerprint density at radius 1 is 1.44 bits per heavy atom. The van der Waals surface area contributed by atoms with Crippen molar-refractivity contribution in [3.63, 3.8) is 0 Å². The summed E-state index contributed by atoms with van der Waals surface area (Å²) in [4.78, 5) is 25.3. The molecular weight excluding hydrogens is 232 g/mol. The fourth-order valence-corrected chi connectivity index (χ4v) is 2.94. The SMILES string of the molecule is CC1CC(C(=O)N2CCC(C)(C(=O)O)C2)CCN1. The predicted octanol–water partition coefficient (Wildman–Crippen LogP) is 0.698. The van der Waals surface area contributed by atoms with Crippen LogP contribution >= 0.6 is 0 Å². The number of carboxylic acid groups (broad SMARTS) is 1. The van der Waals surface area contributed by atoms with Crippen LogP contribution in [0.15, 0.2) is 0 Å². The second kappa shape index (κ2) is 4.88. The van der Waals surface area contributed by atoms with E-state index in [1.54, 1.807) is 11.8 Å². The van der Waals surface area contributed by atoms with Gasteiger partial charge in [-0.05, 0) is 39.7 Å². The summed E-state index contributed by atoms with van der Waals surface area (Å²) < 4.78 is 0. The van der Waals surface area contributed by atoms with Gasteiger partial charge in [-0.15, -0.1) is 0 Å². The zero-order chi connectivity index (χ0) is 13.3. The minimum atomic E-state index is -0.795. The summed E-state index contributed by atoms with van der Waals surface area (Å²) in [6.45, 7) is 5.64. The fourth-order valence-electron chi connectivity index (χ4n) is 2.94. The first-order valence-corrected chi connectivity index (χ1v) is 6.68. The van der Waals surface area contributed by atoms with E-state index in [0.29, 0.717) is 25.6 Å². The molecular formula is C13H22N2O3. The Bertz CT molecular complexity index is 358. The maximum Gasteiger partial charge on any atom is 0.311 e. The lowest BCUT2D eigenvalue weighted by atomic mass is 9.90. The highest BCUT2D eigenvalue weighted by atomic mass is 16.4. The molecule has 0 aromatic heterocycles. The van der Waals surface area contributed by atoms with E-state index in [0.717, 1.165) is 19.4 Å². The van der Waals surface area contributed by atoms with Crippen molar-refractivity contribution in [2.75, 3.05) is 19.6 Å². The minimum absolute atomic E-state index is 0.0670. The summed E-state index contributed by atoms with van der Waals surface area (Å²) in [6, 6.07) is 0.376. The summed E-state index contributed by atoms with van der Waals surface area (Å²) in [5.74, 6) is -0.581. The molecule has 0 bridgehead atoms. The molecule has 5 nitrogen and oxygen atoms in total. The Balaban J connectivity index is 1.97. The first-order chi connectivity index (χ1) is 8.42. The van der Waals surface area contributed by atoms with Gasteiger partial charge in [-0.3, -0.25) is 9.59 Å². The summed E-state index contributed by atoms with van der Waals surface area (Å²) in [5.41, 5.74) is -0.756. The summed E-state index contributed by atoms with van der Waals surface area (Å²) >= 11 is 0. The van der Waals surface area contributed by atoms with Crippen molar-refractivity contribution in [2.45, 2.75) is 39.2 Å². The fraction of sp³-hybridized carbons (Fsp3) is 0.846. The van der Waals surface area contributed by atoms with E-state index in [2.05, 4.69) is 12.2 Å². The van der Waals surface area contributed by atoms with Crippen LogP contribution in [-0.4, -0.2) is 47.6 Å². The number of piperidine rings is 1. The van der Waals surface area contributed by atoms with Gasteiger partial charge in [-0.1, -0.05) is 0 Å². The third kappa shape index (κ3) is 2.51. The Morgan fingerprint density at radius 3 is 2.72 bits per heavy atom. The highest BCUT2D eigenvalue weighted by molar-refractivity contribution is 5.82. The van der Waals surface area contributed by atoms with Gasteiger partial charge in [-0.25, -0.2) is 0 Å². The maximum atomic E-state index is 12.4. The first kappa shape index (κ1) is 13.3. The molecule has 2 rings (SSSR count). The number of hydrogen-bond donors (Lipinski definition) is 2. The van der Waals surface area contributed by atoms with Crippen LogP contribution in [0, 0.1) is 11.3 Å². The Labute approximate surface area is 108 Å². The number of nitrogens with one attached hydrogen (secondary N) is 1. The molecule has 0 aromatic carbocycles. The smallest absolute Gasteiger partial charge is 0.311 e. The van der Waals surface area contributed by atoms with Gasteiger partial charge in [0.05, 0.1) is 5.41 Å². The van der Waals surface area contributed by atoms with Gasteiger partial charge in [0.2, 0.25) is 5.91 Å². The van der Waals surface area contributed by atoms with E-state index in [1.807, 2.05) is 0 Å². The number of nitrogens with zero attached hydrogens (tertiary/aromatic N) is 1. The summed E-state index contributed by atoms with van der Waals surface area (Å²) in [6.07, 6.45) is 2.29. The largest absolute Gasteiger partial charge is 0.481 e. The number of likely N-dealkylation sites (tertiary alicyclic amines) is 1. The third-order valence-electron chi connectivity index (χ3n) is 4.27. The molecule has 18 heavy (non-hydrogen) atoms. The highest BCUT2D eigenvalue weighted by Gasteiger charge is 2.43. The molecule has 0 radical (unpaired) electrons. The second-order valence-corrected chi connectivity index (χ2v) is 5.95. The molecule has 2 N–H and O–H groups in total. The van der Waals surface area contributed by atoms with Crippen LogP contribution in [0.4, 0.5) is 0 Å². The molecule has 2 heterocycles. The van der Waals surface area contributed by atoms with Crippen LogP contribution in [0.1, 0.15) is 33.1 Å². The van der Waals surface area contributed by atoms with Crippen molar-refractivity contribution in [3.05, 3.63) is 0 Å². The quantitative estimate of drug-likeness (QED) is 0.761. The number of rotatable bonds is 2. The molecule has 0 aliphatic carbocycles. The zero-order valence-electron chi connectivity index (χ0n) is 11.1. The Hall–Kier alpha value is -1.10. The van der Waals surface area contributed by atoms with Gasteiger partial charge in [0, 0.05) is 25.0 Å². The van der Waals surface area contributed by atoms with Crippen LogP contribution < -0.4 is 5.32 Å². The average molecular weight is 254 g/mol. The number of carbonyl (C=O) groups is 2. The van der Waals surface area contributed by atoms with Gasteiger partial charge in [0.25, 0.3) is 0 Å². The van der Waals surface area contributed by atoms with Gasteiger partial charge >= 0.3 is 5.97 Å². The summed E-state index contributed by atoms with van der Waals surface area (Å²) in [5, 5.41) is 12.5. The van der Waals surface area contributed by atoms with E-state index in [4.69, 9.17) is 0 Å². The Morgan fingerprint density at radius 2 is 2.17 bits per heavy atom. The first-order valence-electron chi connectivity index (χ1n) is 6.68. The van der Waals surface area contributed by atoms with Crippen LogP contribution in [0.2, 0.25) is 0 Å². The summed E-state index contributed by atoms with van der Waals surface area (Å²) in [7, 11) is 0. The maximum absolute atomic E-state index is 12.4. The predicted molar refractivity (Wildman–Crippen MR) is 67.1 cm³/mol. The van der Waals surface area contributed by atoms with Crippen molar-refractivity contribution >= 4 is 11.9 Å². The molecule has 0 saturated carbocycles. The highest BCUT2D eigenvalue weighted by Crippen LogP contribution is 2.32. The van der Waals surface area contributed by atoms with Gasteiger partial charge in [0.15, 0.2) is 0 Å². The van der Waals surface area contributed by atoms with E-state index in [1.165, 1.54) is 0 Å².